The Kier molecular flexibility index (Phi) is 7.90. The smallest absolute Gasteiger partial charge is 0.374 e. The Hall–Kier alpha value is -1.91. The van der Waals surface area contributed by atoms with Crippen LogP contribution in [0.15, 0.2) is 21.6 Å². The lowest BCUT2D eigenvalue weighted by Crippen LogP contribution is -2.51. The van der Waals surface area contributed by atoms with Crippen molar-refractivity contribution in [3.05, 3.63) is 17.9 Å². The Labute approximate surface area is 177 Å². The van der Waals surface area contributed by atoms with Gasteiger partial charge in [-0.15, -0.1) is 0 Å². The lowest BCUT2D eigenvalue weighted by molar-refractivity contribution is -0.122. The highest BCUT2D eigenvalue weighted by atomic mass is 32.2. The van der Waals surface area contributed by atoms with Crippen LogP contribution in [0, 0.1) is 5.92 Å². The fourth-order valence-corrected chi connectivity index (χ4v) is 5.27. The van der Waals surface area contributed by atoms with Crippen molar-refractivity contribution in [3.8, 4) is 0 Å². The van der Waals surface area contributed by atoms with E-state index < -0.39 is 16.0 Å². The number of nitrogens with one attached hydrogen (secondary N) is 1. The van der Waals surface area contributed by atoms with Gasteiger partial charge in [0.1, 0.15) is 0 Å². The van der Waals surface area contributed by atoms with Gasteiger partial charge in [-0.3, -0.25) is 9.69 Å². The van der Waals surface area contributed by atoms with E-state index in [1.165, 1.54) is 48.5 Å². The average molecular weight is 442 g/mol. The molecule has 168 valence electrons. The van der Waals surface area contributed by atoms with Crippen LogP contribution in [0.3, 0.4) is 0 Å². The number of sulfonamides is 1. The van der Waals surface area contributed by atoms with Gasteiger partial charge in [-0.25, -0.2) is 13.2 Å². The van der Waals surface area contributed by atoms with E-state index in [0.29, 0.717) is 19.0 Å². The summed E-state index contributed by atoms with van der Waals surface area (Å²) in [5.41, 5.74) is 0. The molecular formula is C20H31N3O6S. The predicted molar refractivity (Wildman–Crippen MR) is 109 cm³/mol. The number of hydrogen-bond donors (Lipinski definition) is 1. The van der Waals surface area contributed by atoms with Gasteiger partial charge in [0, 0.05) is 32.7 Å². The Bertz CT molecular complexity index is 823. The van der Waals surface area contributed by atoms with Crippen molar-refractivity contribution in [2.75, 3.05) is 45.9 Å². The monoisotopic (exact) mass is 441 g/mol. The third-order valence-electron chi connectivity index (χ3n) is 5.66. The van der Waals surface area contributed by atoms with Crippen LogP contribution < -0.4 is 5.32 Å². The fraction of sp³-hybridized carbons (Fsp3) is 0.700. The Morgan fingerprint density at radius 3 is 2.50 bits per heavy atom. The summed E-state index contributed by atoms with van der Waals surface area (Å²) in [6.07, 6.45) is 6.14. The summed E-state index contributed by atoms with van der Waals surface area (Å²) < 4.78 is 36.9. The molecule has 0 aromatic carbocycles. The summed E-state index contributed by atoms with van der Waals surface area (Å²) in [4.78, 5) is 25.9. The van der Waals surface area contributed by atoms with Crippen molar-refractivity contribution in [2.45, 2.75) is 44.1 Å². The van der Waals surface area contributed by atoms with Crippen molar-refractivity contribution in [3.63, 3.8) is 0 Å². The number of rotatable bonds is 8. The van der Waals surface area contributed by atoms with Crippen molar-refractivity contribution in [1.82, 2.24) is 14.5 Å². The lowest BCUT2D eigenvalue weighted by Gasteiger charge is -2.33. The number of esters is 1. The molecule has 1 amide bonds. The number of hydrogen-bond acceptors (Lipinski definition) is 7. The first kappa shape index (κ1) is 22.8. The van der Waals surface area contributed by atoms with Gasteiger partial charge < -0.3 is 14.5 Å². The number of piperazine rings is 1. The molecule has 9 nitrogen and oxygen atoms in total. The van der Waals surface area contributed by atoms with Gasteiger partial charge in [0.05, 0.1) is 13.2 Å². The van der Waals surface area contributed by atoms with E-state index in [2.05, 4.69) is 5.32 Å². The zero-order valence-corrected chi connectivity index (χ0v) is 18.3. The van der Waals surface area contributed by atoms with Crippen molar-refractivity contribution in [1.29, 1.82) is 0 Å². The summed E-state index contributed by atoms with van der Waals surface area (Å²) in [5.74, 6) is -0.258. The maximum Gasteiger partial charge on any atom is 0.374 e. The average Bonchev–Trinajstić information content (AvgIpc) is 3.25. The second kappa shape index (κ2) is 10.4. The molecule has 1 aliphatic heterocycles. The van der Waals surface area contributed by atoms with E-state index in [1.807, 2.05) is 4.90 Å². The number of ether oxygens (including phenoxy) is 1. The van der Waals surface area contributed by atoms with Gasteiger partial charge in [-0.2, -0.15) is 4.31 Å². The minimum Gasteiger partial charge on any atom is -0.460 e. The van der Waals surface area contributed by atoms with Crippen molar-refractivity contribution in [2.24, 2.45) is 5.92 Å². The van der Waals surface area contributed by atoms with Gasteiger partial charge in [0.25, 0.3) is 10.0 Å². The Morgan fingerprint density at radius 2 is 1.83 bits per heavy atom. The van der Waals surface area contributed by atoms with Crippen molar-refractivity contribution >= 4 is 21.9 Å². The van der Waals surface area contributed by atoms with Crippen LogP contribution in [0.25, 0.3) is 0 Å². The minimum atomic E-state index is -3.83. The number of amides is 1. The maximum absolute atomic E-state index is 12.8. The second-order valence-electron chi connectivity index (χ2n) is 7.83. The summed E-state index contributed by atoms with van der Waals surface area (Å²) in [7, 11) is -3.83. The molecule has 1 aromatic heterocycles. The molecule has 2 aliphatic rings. The quantitative estimate of drug-likeness (QED) is 0.608. The van der Waals surface area contributed by atoms with Crippen LogP contribution >= 0.6 is 0 Å². The molecule has 0 spiro atoms. The third kappa shape index (κ3) is 5.83. The van der Waals surface area contributed by atoms with E-state index in [9.17, 15) is 18.0 Å². The zero-order valence-electron chi connectivity index (χ0n) is 17.5. The van der Waals surface area contributed by atoms with Gasteiger partial charge in [-0.05, 0) is 37.8 Å². The molecule has 3 rings (SSSR count). The molecule has 2 fully saturated rings. The van der Waals surface area contributed by atoms with Gasteiger partial charge in [0.2, 0.25) is 16.8 Å². The van der Waals surface area contributed by atoms with E-state index in [1.54, 1.807) is 6.92 Å². The first-order valence-electron chi connectivity index (χ1n) is 10.7. The first-order valence-corrected chi connectivity index (χ1v) is 12.1. The summed E-state index contributed by atoms with van der Waals surface area (Å²) in [6, 6.07) is 2.57. The standard InChI is InChI=1S/C20H31N3O6S/c1-2-28-20(25)17-8-9-19(29-17)30(26,27)23-12-10-22(11-13-23)15-18(24)21-14-16-6-4-3-5-7-16/h8-9,16H,2-7,10-15H2,1H3,(H,21,24). The summed E-state index contributed by atoms with van der Waals surface area (Å²) >= 11 is 0. The molecule has 0 radical (unpaired) electrons. The molecule has 1 saturated carbocycles. The van der Waals surface area contributed by atoms with E-state index in [-0.39, 0.29) is 43.0 Å². The van der Waals surface area contributed by atoms with Gasteiger partial charge in [-0.1, -0.05) is 19.3 Å². The fourth-order valence-electron chi connectivity index (χ4n) is 3.93. The van der Waals surface area contributed by atoms with E-state index in [4.69, 9.17) is 9.15 Å². The number of nitrogens with zero attached hydrogens (tertiary/aromatic N) is 2. The van der Waals surface area contributed by atoms with Crippen LogP contribution in [-0.4, -0.2) is 75.4 Å². The van der Waals surface area contributed by atoms with Crippen molar-refractivity contribution < 1.29 is 27.2 Å². The van der Waals surface area contributed by atoms with Gasteiger partial charge >= 0.3 is 5.97 Å². The van der Waals surface area contributed by atoms with Crippen LogP contribution in [0.4, 0.5) is 0 Å². The molecule has 2 heterocycles. The molecule has 1 aromatic rings. The first-order chi connectivity index (χ1) is 14.4. The largest absolute Gasteiger partial charge is 0.460 e. The molecule has 0 bridgehead atoms. The Morgan fingerprint density at radius 1 is 1.13 bits per heavy atom. The van der Waals surface area contributed by atoms with Gasteiger partial charge in [0.15, 0.2) is 0 Å². The van der Waals surface area contributed by atoms with Crippen LogP contribution in [0.1, 0.15) is 49.6 Å². The predicted octanol–water partition coefficient (Wildman–Crippen LogP) is 1.46. The normalized spacial score (nSPS) is 19.5. The minimum absolute atomic E-state index is 0.0120. The topological polar surface area (TPSA) is 109 Å². The summed E-state index contributed by atoms with van der Waals surface area (Å²) in [6.45, 7) is 4.28. The van der Waals surface area contributed by atoms with Crippen LogP contribution in [-0.2, 0) is 19.6 Å². The summed E-state index contributed by atoms with van der Waals surface area (Å²) in [5, 5.41) is 2.75. The molecule has 30 heavy (non-hydrogen) atoms. The molecule has 0 atom stereocenters. The molecule has 0 unspecified atom stereocenters. The van der Waals surface area contributed by atoms with Crippen LogP contribution in [0.5, 0.6) is 0 Å². The van der Waals surface area contributed by atoms with E-state index in [0.717, 1.165) is 6.54 Å². The van der Waals surface area contributed by atoms with Crippen LogP contribution in [0.2, 0.25) is 0 Å². The zero-order chi connectivity index (χ0) is 21.6. The number of furan rings is 1. The SMILES string of the molecule is CCOC(=O)c1ccc(S(=O)(=O)N2CCN(CC(=O)NCC3CCCCC3)CC2)o1. The molecule has 1 aliphatic carbocycles. The second-order valence-corrected chi connectivity index (χ2v) is 9.70. The highest BCUT2D eigenvalue weighted by Gasteiger charge is 2.32. The molecule has 1 N–H and O–H groups in total. The number of carbonyl (C=O) groups excluding carboxylic acids is 2. The molecule has 1 saturated heterocycles. The highest BCUT2D eigenvalue weighted by molar-refractivity contribution is 7.89. The molecular weight excluding hydrogens is 410 g/mol. The highest BCUT2D eigenvalue weighted by Crippen LogP contribution is 2.23. The number of carbonyl (C=O) groups is 2. The maximum atomic E-state index is 12.8. The lowest BCUT2D eigenvalue weighted by atomic mass is 9.89. The molecule has 10 heteroatoms. The third-order valence-corrected chi connectivity index (χ3v) is 7.44. The van der Waals surface area contributed by atoms with E-state index >= 15 is 0 Å². The Balaban J connectivity index is 1.46.